The normalized spacial score (nSPS) is 25.4. The number of nitrogens with zero attached hydrogens (tertiary/aromatic N) is 3. The van der Waals surface area contributed by atoms with Crippen LogP contribution in [0.5, 0.6) is 0 Å². The van der Waals surface area contributed by atoms with Gasteiger partial charge < -0.3 is 4.90 Å². The van der Waals surface area contributed by atoms with E-state index < -0.39 is 0 Å². The van der Waals surface area contributed by atoms with Gasteiger partial charge in [0, 0.05) is 56.0 Å². The highest BCUT2D eigenvalue weighted by Crippen LogP contribution is 2.19. The van der Waals surface area contributed by atoms with Crippen LogP contribution in [0.25, 0.3) is 0 Å². The number of thioether (sulfide) groups is 1. The van der Waals surface area contributed by atoms with Gasteiger partial charge in [-0.2, -0.15) is 0 Å². The molecule has 2 aliphatic rings. The van der Waals surface area contributed by atoms with Crippen LogP contribution in [0.15, 0.2) is 35.2 Å². The van der Waals surface area contributed by atoms with Crippen molar-refractivity contribution >= 4 is 11.8 Å². The highest BCUT2D eigenvalue weighted by atomic mass is 32.2. The average molecular weight is 320 g/mol. The van der Waals surface area contributed by atoms with E-state index in [1.54, 1.807) is 0 Å². The first-order valence-electron chi connectivity index (χ1n) is 8.64. The molecular formula is C18H29N3S. The number of benzene rings is 1. The Morgan fingerprint density at radius 2 is 1.82 bits per heavy atom. The van der Waals surface area contributed by atoms with Gasteiger partial charge in [0.15, 0.2) is 0 Å². The molecule has 0 aliphatic carbocycles. The molecule has 2 fully saturated rings. The van der Waals surface area contributed by atoms with Crippen molar-refractivity contribution in [2.24, 2.45) is 0 Å². The second-order valence-electron chi connectivity index (χ2n) is 6.60. The van der Waals surface area contributed by atoms with E-state index in [4.69, 9.17) is 0 Å². The maximum atomic E-state index is 2.73. The number of piperidine rings is 1. The van der Waals surface area contributed by atoms with Crippen molar-refractivity contribution in [3.8, 4) is 0 Å². The summed E-state index contributed by atoms with van der Waals surface area (Å²) in [7, 11) is 2.27. The number of rotatable bonds is 5. The fraction of sp³-hybridized carbons (Fsp3) is 0.667. The molecule has 122 valence electrons. The zero-order valence-corrected chi connectivity index (χ0v) is 14.6. The van der Waals surface area contributed by atoms with Gasteiger partial charge in [-0.15, -0.1) is 11.8 Å². The van der Waals surface area contributed by atoms with Crippen molar-refractivity contribution in [1.82, 2.24) is 14.7 Å². The van der Waals surface area contributed by atoms with Crippen molar-refractivity contribution in [3.05, 3.63) is 30.3 Å². The summed E-state index contributed by atoms with van der Waals surface area (Å²) < 4.78 is 0. The Morgan fingerprint density at radius 3 is 2.55 bits per heavy atom. The predicted octanol–water partition coefficient (Wildman–Crippen LogP) is 2.49. The van der Waals surface area contributed by atoms with E-state index in [-0.39, 0.29) is 0 Å². The summed E-state index contributed by atoms with van der Waals surface area (Å²) in [5, 5.41) is 0. The average Bonchev–Trinajstić information content (AvgIpc) is 2.56. The summed E-state index contributed by atoms with van der Waals surface area (Å²) in [4.78, 5) is 9.26. The number of likely N-dealkylation sites (tertiary alicyclic amines) is 1. The minimum Gasteiger partial charge on any atom is -0.305 e. The fourth-order valence-electron chi connectivity index (χ4n) is 3.60. The van der Waals surface area contributed by atoms with Crippen LogP contribution in [0.2, 0.25) is 0 Å². The van der Waals surface area contributed by atoms with E-state index in [1.165, 1.54) is 69.3 Å². The Balaban J connectivity index is 1.35. The second kappa shape index (κ2) is 8.34. The van der Waals surface area contributed by atoms with Gasteiger partial charge in [0.05, 0.1) is 0 Å². The van der Waals surface area contributed by atoms with E-state index in [0.29, 0.717) is 0 Å². The molecule has 0 bridgehead atoms. The second-order valence-corrected chi connectivity index (χ2v) is 7.77. The number of hydrogen-bond donors (Lipinski definition) is 0. The first kappa shape index (κ1) is 16.3. The molecule has 2 saturated heterocycles. The Kier molecular flexibility index (Phi) is 6.19. The van der Waals surface area contributed by atoms with Gasteiger partial charge in [-0.3, -0.25) is 9.80 Å². The molecule has 3 rings (SSSR count). The molecule has 1 unspecified atom stereocenters. The third kappa shape index (κ3) is 4.72. The highest BCUT2D eigenvalue weighted by Gasteiger charge is 2.26. The Hall–Kier alpha value is -0.550. The zero-order chi connectivity index (χ0) is 15.2. The largest absolute Gasteiger partial charge is 0.305 e. The molecule has 3 nitrogen and oxygen atoms in total. The Morgan fingerprint density at radius 1 is 1.05 bits per heavy atom. The standard InChI is InChI=1S/C18H29N3S/c1-19-9-5-6-17(16-19)21-12-10-20(11-13-21)14-15-22-18-7-3-2-4-8-18/h2-4,7-8,17H,5-6,9-16H2,1H3. The molecule has 0 aromatic heterocycles. The third-order valence-electron chi connectivity index (χ3n) is 4.94. The quantitative estimate of drug-likeness (QED) is 0.771. The van der Waals surface area contributed by atoms with Crippen LogP contribution < -0.4 is 0 Å². The first-order chi connectivity index (χ1) is 10.8. The lowest BCUT2D eigenvalue weighted by atomic mass is 10.0. The van der Waals surface area contributed by atoms with E-state index in [9.17, 15) is 0 Å². The van der Waals surface area contributed by atoms with Crippen molar-refractivity contribution in [1.29, 1.82) is 0 Å². The van der Waals surface area contributed by atoms with Gasteiger partial charge in [0.2, 0.25) is 0 Å². The summed E-state index contributed by atoms with van der Waals surface area (Å²) >= 11 is 1.98. The van der Waals surface area contributed by atoms with Crippen LogP contribution in [0.3, 0.4) is 0 Å². The molecule has 2 aliphatic heterocycles. The smallest absolute Gasteiger partial charge is 0.0224 e. The molecule has 1 aromatic carbocycles. The van der Waals surface area contributed by atoms with E-state index in [0.717, 1.165) is 6.04 Å². The lowest BCUT2D eigenvalue weighted by Crippen LogP contribution is -2.54. The monoisotopic (exact) mass is 319 g/mol. The SMILES string of the molecule is CN1CCCC(N2CCN(CCSc3ccccc3)CC2)C1. The van der Waals surface area contributed by atoms with E-state index in [1.807, 2.05) is 11.8 Å². The summed E-state index contributed by atoms with van der Waals surface area (Å²) in [5.74, 6) is 1.20. The Bertz CT molecular complexity index is 431. The van der Waals surface area contributed by atoms with Crippen LogP contribution in [-0.4, -0.2) is 79.4 Å². The summed E-state index contributed by atoms with van der Waals surface area (Å²) in [5.41, 5.74) is 0. The van der Waals surface area contributed by atoms with Gasteiger partial charge in [0.1, 0.15) is 0 Å². The topological polar surface area (TPSA) is 9.72 Å². The maximum Gasteiger partial charge on any atom is 0.0224 e. The molecule has 0 N–H and O–H groups in total. The van der Waals surface area contributed by atoms with Crippen molar-refractivity contribution in [2.45, 2.75) is 23.8 Å². The van der Waals surface area contributed by atoms with Crippen LogP contribution in [-0.2, 0) is 0 Å². The Labute approximate surface area is 139 Å². The van der Waals surface area contributed by atoms with Crippen molar-refractivity contribution in [3.63, 3.8) is 0 Å². The van der Waals surface area contributed by atoms with Crippen molar-refractivity contribution in [2.75, 3.05) is 58.6 Å². The molecule has 0 spiro atoms. The van der Waals surface area contributed by atoms with Gasteiger partial charge >= 0.3 is 0 Å². The molecule has 2 heterocycles. The third-order valence-corrected chi connectivity index (χ3v) is 5.93. The molecular weight excluding hydrogens is 290 g/mol. The maximum absolute atomic E-state index is 2.73. The van der Waals surface area contributed by atoms with Gasteiger partial charge in [-0.1, -0.05) is 18.2 Å². The van der Waals surface area contributed by atoms with Gasteiger partial charge in [-0.05, 0) is 38.6 Å². The van der Waals surface area contributed by atoms with Gasteiger partial charge in [-0.25, -0.2) is 0 Å². The van der Waals surface area contributed by atoms with Crippen LogP contribution in [0, 0.1) is 0 Å². The predicted molar refractivity (Wildman–Crippen MR) is 95.7 cm³/mol. The first-order valence-corrected chi connectivity index (χ1v) is 9.62. The molecule has 0 amide bonds. The lowest BCUT2D eigenvalue weighted by molar-refractivity contribution is 0.0618. The molecule has 4 heteroatoms. The van der Waals surface area contributed by atoms with Crippen molar-refractivity contribution < 1.29 is 0 Å². The van der Waals surface area contributed by atoms with E-state index in [2.05, 4.69) is 52.1 Å². The summed E-state index contributed by atoms with van der Waals surface area (Å²) in [6.45, 7) is 8.78. The minimum atomic E-state index is 0.805. The molecule has 22 heavy (non-hydrogen) atoms. The number of hydrogen-bond acceptors (Lipinski definition) is 4. The number of likely N-dealkylation sites (N-methyl/N-ethyl adjacent to an activating group) is 1. The van der Waals surface area contributed by atoms with Crippen LogP contribution in [0.1, 0.15) is 12.8 Å². The fourth-order valence-corrected chi connectivity index (χ4v) is 4.53. The highest BCUT2D eigenvalue weighted by molar-refractivity contribution is 7.99. The van der Waals surface area contributed by atoms with Crippen LogP contribution >= 0.6 is 11.8 Å². The minimum absolute atomic E-state index is 0.805. The molecule has 0 radical (unpaired) electrons. The van der Waals surface area contributed by atoms with E-state index >= 15 is 0 Å². The molecule has 0 saturated carbocycles. The molecule has 1 aromatic rings. The van der Waals surface area contributed by atoms with Crippen LogP contribution in [0.4, 0.5) is 0 Å². The zero-order valence-electron chi connectivity index (χ0n) is 13.8. The summed E-state index contributed by atoms with van der Waals surface area (Å²) in [6, 6.07) is 11.6. The number of piperazine rings is 1. The summed E-state index contributed by atoms with van der Waals surface area (Å²) in [6.07, 6.45) is 2.77. The lowest BCUT2D eigenvalue weighted by Gasteiger charge is -2.42. The molecule has 1 atom stereocenters. The van der Waals surface area contributed by atoms with Gasteiger partial charge in [0.25, 0.3) is 0 Å².